The van der Waals surface area contributed by atoms with E-state index in [0.717, 1.165) is 53.5 Å². The molecular weight excluding hydrogens is 411 g/mol. The fraction of sp³-hybridized carbons (Fsp3) is 0.250. The first-order valence-corrected chi connectivity index (χ1v) is 11.1. The summed E-state index contributed by atoms with van der Waals surface area (Å²) < 4.78 is 20.6. The molecule has 0 amide bonds. The summed E-state index contributed by atoms with van der Waals surface area (Å²) in [6.07, 6.45) is 1.82. The van der Waals surface area contributed by atoms with Crippen molar-refractivity contribution in [3.05, 3.63) is 82.2 Å². The number of thiazole rings is 1. The Morgan fingerprint density at radius 2 is 1.84 bits per heavy atom. The molecule has 0 N–H and O–H groups in total. The SMILES string of the molecule is C=C(C)CN=c1scc(-c2ccc(F)cc2)n1N=Cc1ccc(N2CCOCC2)cc1. The number of hydrogen-bond acceptors (Lipinski definition) is 5. The number of anilines is 1. The van der Waals surface area contributed by atoms with Crippen molar-refractivity contribution in [2.75, 3.05) is 37.7 Å². The summed E-state index contributed by atoms with van der Waals surface area (Å²) in [5.74, 6) is -0.262. The standard InChI is InChI=1S/C24H25FN4OS/c1-18(2)15-26-24-29(23(17-31-24)20-5-7-21(25)8-6-20)27-16-19-3-9-22(10-4-19)28-11-13-30-14-12-28/h3-10,16-17H,1,11-15H2,2H3. The molecule has 4 rings (SSSR count). The molecule has 7 heteroatoms. The molecular formula is C24H25FN4OS. The van der Waals surface area contributed by atoms with Gasteiger partial charge in [-0.05, 0) is 48.9 Å². The molecule has 0 saturated carbocycles. The Bertz CT molecular complexity index is 1120. The first-order valence-electron chi connectivity index (χ1n) is 10.2. The molecule has 1 aliphatic heterocycles. The van der Waals surface area contributed by atoms with E-state index in [0.29, 0.717) is 6.54 Å². The number of benzene rings is 2. The topological polar surface area (TPSA) is 42.1 Å². The van der Waals surface area contributed by atoms with Crippen LogP contribution in [0.15, 0.2) is 76.2 Å². The van der Waals surface area contributed by atoms with E-state index in [9.17, 15) is 4.39 Å². The summed E-state index contributed by atoms with van der Waals surface area (Å²) in [5.41, 5.74) is 4.91. The van der Waals surface area contributed by atoms with Gasteiger partial charge in [-0.25, -0.2) is 9.07 Å². The molecule has 3 aromatic rings. The molecule has 0 aliphatic carbocycles. The zero-order chi connectivity index (χ0) is 21.6. The van der Waals surface area contributed by atoms with E-state index in [1.807, 2.05) is 18.5 Å². The van der Waals surface area contributed by atoms with Crippen molar-refractivity contribution in [3.63, 3.8) is 0 Å². The molecule has 1 saturated heterocycles. The number of nitrogens with zero attached hydrogens (tertiary/aromatic N) is 4. The van der Waals surface area contributed by atoms with Crippen molar-refractivity contribution in [1.29, 1.82) is 0 Å². The molecule has 0 bridgehead atoms. The van der Waals surface area contributed by atoms with Gasteiger partial charge in [-0.15, -0.1) is 11.3 Å². The van der Waals surface area contributed by atoms with Crippen LogP contribution >= 0.6 is 11.3 Å². The Morgan fingerprint density at radius 3 is 2.52 bits per heavy atom. The highest BCUT2D eigenvalue weighted by molar-refractivity contribution is 7.07. The molecule has 0 spiro atoms. The second-order valence-corrected chi connectivity index (χ2v) is 8.27. The molecule has 5 nitrogen and oxygen atoms in total. The molecule has 160 valence electrons. The van der Waals surface area contributed by atoms with Crippen LogP contribution in [0.2, 0.25) is 0 Å². The maximum atomic E-state index is 13.4. The van der Waals surface area contributed by atoms with Crippen LogP contribution in [-0.4, -0.2) is 43.7 Å². The van der Waals surface area contributed by atoms with Crippen molar-refractivity contribution in [2.45, 2.75) is 6.92 Å². The Hall–Kier alpha value is -3.03. The predicted octanol–water partition coefficient (Wildman–Crippen LogP) is 4.55. The van der Waals surface area contributed by atoms with E-state index in [2.05, 4.69) is 40.7 Å². The molecule has 1 aromatic heterocycles. The van der Waals surface area contributed by atoms with Gasteiger partial charge >= 0.3 is 0 Å². The number of aromatic nitrogens is 1. The van der Waals surface area contributed by atoms with Crippen molar-refractivity contribution in [3.8, 4) is 11.3 Å². The second-order valence-electron chi connectivity index (χ2n) is 7.43. The molecule has 2 heterocycles. The summed E-state index contributed by atoms with van der Waals surface area (Å²) in [5, 5.41) is 6.70. The van der Waals surface area contributed by atoms with Crippen molar-refractivity contribution in [2.24, 2.45) is 10.1 Å². The highest BCUT2D eigenvalue weighted by atomic mass is 32.1. The Balaban J connectivity index is 1.63. The third kappa shape index (κ3) is 5.37. The zero-order valence-corrected chi connectivity index (χ0v) is 18.3. The summed E-state index contributed by atoms with van der Waals surface area (Å²) in [6.45, 7) is 9.75. The molecule has 0 atom stereocenters. The van der Waals surface area contributed by atoms with E-state index >= 15 is 0 Å². The van der Waals surface area contributed by atoms with Crippen LogP contribution in [0.4, 0.5) is 10.1 Å². The average molecular weight is 437 g/mol. The number of ether oxygens (including phenoxy) is 1. The van der Waals surface area contributed by atoms with Gasteiger partial charge in [0.2, 0.25) is 4.80 Å². The summed E-state index contributed by atoms with van der Waals surface area (Å²) in [4.78, 5) is 7.72. The molecule has 0 unspecified atom stereocenters. The summed E-state index contributed by atoms with van der Waals surface area (Å²) in [6, 6.07) is 14.8. The minimum Gasteiger partial charge on any atom is -0.378 e. The van der Waals surface area contributed by atoms with Gasteiger partial charge in [0.05, 0.1) is 31.7 Å². The van der Waals surface area contributed by atoms with Crippen LogP contribution in [0.3, 0.4) is 0 Å². The minimum absolute atomic E-state index is 0.262. The smallest absolute Gasteiger partial charge is 0.206 e. The van der Waals surface area contributed by atoms with Gasteiger partial charge in [-0.1, -0.05) is 24.3 Å². The Morgan fingerprint density at radius 1 is 1.13 bits per heavy atom. The monoisotopic (exact) mass is 436 g/mol. The zero-order valence-electron chi connectivity index (χ0n) is 17.5. The maximum Gasteiger partial charge on any atom is 0.206 e. The van der Waals surface area contributed by atoms with Gasteiger partial charge in [0.1, 0.15) is 5.82 Å². The highest BCUT2D eigenvalue weighted by Crippen LogP contribution is 2.21. The van der Waals surface area contributed by atoms with E-state index in [1.54, 1.807) is 16.8 Å². The normalized spacial score (nSPS) is 15.0. The van der Waals surface area contributed by atoms with Gasteiger partial charge in [0, 0.05) is 29.7 Å². The molecule has 1 fully saturated rings. The molecule has 0 radical (unpaired) electrons. The van der Waals surface area contributed by atoms with Crippen molar-refractivity contribution >= 4 is 23.2 Å². The first kappa shape index (κ1) is 21.2. The maximum absolute atomic E-state index is 13.4. The molecule has 1 aliphatic rings. The number of halogens is 1. The van der Waals surface area contributed by atoms with Crippen LogP contribution in [0.5, 0.6) is 0 Å². The van der Waals surface area contributed by atoms with Gasteiger partial charge < -0.3 is 9.64 Å². The lowest BCUT2D eigenvalue weighted by molar-refractivity contribution is 0.122. The fourth-order valence-electron chi connectivity index (χ4n) is 3.26. The predicted molar refractivity (Wildman–Crippen MR) is 125 cm³/mol. The Labute approximate surface area is 185 Å². The van der Waals surface area contributed by atoms with E-state index in [-0.39, 0.29) is 5.82 Å². The van der Waals surface area contributed by atoms with Crippen molar-refractivity contribution < 1.29 is 9.13 Å². The quantitative estimate of drug-likeness (QED) is 0.420. The lowest BCUT2D eigenvalue weighted by Gasteiger charge is -2.28. The van der Waals surface area contributed by atoms with Crippen LogP contribution in [0.25, 0.3) is 11.3 Å². The third-order valence-corrected chi connectivity index (χ3v) is 5.76. The lowest BCUT2D eigenvalue weighted by Crippen LogP contribution is -2.36. The molecule has 31 heavy (non-hydrogen) atoms. The highest BCUT2D eigenvalue weighted by Gasteiger charge is 2.11. The van der Waals surface area contributed by atoms with Crippen LogP contribution in [-0.2, 0) is 4.74 Å². The first-order chi connectivity index (χ1) is 15.1. The minimum atomic E-state index is -0.262. The summed E-state index contributed by atoms with van der Waals surface area (Å²) >= 11 is 1.50. The van der Waals surface area contributed by atoms with Gasteiger partial charge in [0.15, 0.2) is 0 Å². The Kier molecular flexibility index (Phi) is 6.74. The molecule has 2 aromatic carbocycles. The van der Waals surface area contributed by atoms with E-state index in [1.165, 1.54) is 29.2 Å². The second kappa shape index (κ2) is 9.85. The van der Waals surface area contributed by atoms with E-state index in [4.69, 9.17) is 9.84 Å². The third-order valence-electron chi connectivity index (χ3n) is 4.90. The van der Waals surface area contributed by atoms with E-state index < -0.39 is 0 Å². The largest absolute Gasteiger partial charge is 0.378 e. The van der Waals surface area contributed by atoms with Crippen LogP contribution in [0.1, 0.15) is 12.5 Å². The number of hydrogen-bond donors (Lipinski definition) is 0. The number of morpholine rings is 1. The van der Waals surface area contributed by atoms with Gasteiger partial charge in [-0.2, -0.15) is 5.10 Å². The van der Waals surface area contributed by atoms with Crippen molar-refractivity contribution in [1.82, 2.24) is 4.68 Å². The van der Waals surface area contributed by atoms with Crippen LogP contribution < -0.4 is 9.70 Å². The lowest BCUT2D eigenvalue weighted by atomic mass is 10.2. The summed E-state index contributed by atoms with van der Waals surface area (Å²) in [7, 11) is 0. The van der Waals surface area contributed by atoms with Crippen LogP contribution in [0, 0.1) is 5.82 Å². The average Bonchev–Trinajstić information content (AvgIpc) is 3.20. The van der Waals surface area contributed by atoms with Gasteiger partial charge in [0.25, 0.3) is 0 Å². The number of rotatable bonds is 6. The fourth-order valence-corrected chi connectivity index (χ4v) is 4.10. The van der Waals surface area contributed by atoms with Gasteiger partial charge in [-0.3, -0.25) is 4.99 Å².